The number of nitrogens with zero attached hydrogens (tertiary/aromatic N) is 6. The van der Waals surface area contributed by atoms with E-state index in [0.29, 0.717) is 51.2 Å². The monoisotopic (exact) mass is 587 g/mol. The number of ketones is 1. The second-order valence-corrected chi connectivity index (χ2v) is 10.5. The van der Waals surface area contributed by atoms with E-state index >= 15 is 0 Å². The lowest BCUT2D eigenvalue weighted by molar-refractivity contribution is -0.139. The summed E-state index contributed by atoms with van der Waals surface area (Å²) >= 11 is 0. The number of aromatic nitrogens is 4. The molecule has 5 rings (SSSR count). The average molecular weight is 588 g/mol. The molecule has 2 aromatic heterocycles. The molecule has 3 fully saturated rings. The zero-order valence-electron chi connectivity index (χ0n) is 21.7. The van der Waals surface area contributed by atoms with Crippen molar-refractivity contribution < 1.29 is 35.9 Å². The van der Waals surface area contributed by atoms with Gasteiger partial charge in [0.05, 0.1) is 17.4 Å². The summed E-state index contributed by atoms with van der Waals surface area (Å²) in [5.74, 6) is -1.41. The molecule has 3 aliphatic rings. The van der Waals surface area contributed by atoms with Gasteiger partial charge in [-0.05, 0) is 25.7 Å². The van der Waals surface area contributed by atoms with Crippen LogP contribution in [0, 0.1) is 11.8 Å². The van der Waals surface area contributed by atoms with Crippen molar-refractivity contribution in [1.82, 2.24) is 25.1 Å². The summed E-state index contributed by atoms with van der Waals surface area (Å²) in [6, 6.07) is -0.528. The minimum absolute atomic E-state index is 0.0286. The van der Waals surface area contributed by atoms with Crippen LogP contribution in [0.1, 0.15) is 43.2 Å². The average Bonchev–Trinajstić information content (AvgIpc) is 3.54. The Morgan fingerprint density at radius 1 is 0.902 bits per heavy atom. The number of H-pyrrole nitrogens is 1. The van der Waals surface area contributed by atoms with Gasteiger partial charge in [-0.25, -0.2) is 15.1 Å². The molecule has 0 unspecified atom stereocenters. The van der Waals surface area contributed by atoms with E-state index in [4.69, 9.17) is 0 Å². The number of piperazine rings is 1. The van der Waals surface area contributed by atoms with E-state index in [1.807, 2.05) is 5.10 Å². The van der Waals surface area contributed by atoms with Crippen molar-refractivity contribution in [3.05, 3.63) is 40.1 Å². The van der Waals surface area contributed by atoms with Gasteiger partial charge in [0.25, 0.3) is 5.56 Å². The van der Waals surface area contributed by atoms with E-state index in [0.717, 1.165) is 6.20 Å². The molecule has 4 heterocycles. The highest BCUT2D eigenvalue weighted by molar-refractivity contribution is 5.91. The molecule has 0 aromatic carbocycles. The minimum Gasteiger partial charge on any atom is -0.366 e. The number of anilines is 2. The molecule has 0 radical (unpaired) electrons. The quantitative estimate of drug-likeness (QED) is 0.532. The third-order valence-corrected chi connectivity index (χ3v) is 8.09. The van der Waals surface area contributed by atoms with Crippen molar-refractivity contribution in [2.75, 3.05) is 42.5 Å². The molecular formula is C25H27F6N7O3. The van der Waals surface area contributed by atoms with Gasteiger partial charge in [0, 0.05) is 69.4 Å². The Labute approximate surface area is 229 Å². The predicted octanol–water partition coefficient (Wildman–Crippen LogP) is 2.90. The van der Waals surface area contributed by atoms with Crippen LogP contribution in [0.5, 0.6) is 0 Å². The highest BCUT2D eigenvalue weighted by Crippen LogP contribution is 2.42. The normalized spacial score (nSPS) is 23.9. The lowest BCUT2D eigenvalue weighted by atomic mass is 9.91. The summed E-state index contributed by atoms with van der Waals surface area (Å²) in [5.41, 5.74) is -3.97. The van der Waals surface area contributed by atoms with E-state index in [9.17, 15) is 40.7 Å². The predicted molar refractivity (Wildman–Crippen MR) is 132 cm³/mol. The summed E-state index contributed by atoms with van der Waals surface area (Å²) < 4.78 is 79.3. The van der Waals surface area contributed by atoms with Gasteiger partial charge in [-0.2, -0.15) is 31.4 Å². The van der Waals surface area contributed by atoms with Crippen molar-refractivity contribution in [1.29, 1.82) is 0 Å². The lowest BCUT2D eigenvalue weighted by Gasteiger charge is -2.35. The van der Waals surface area contributed by atoms with Crippen LogP contribution in [0.2, 0.25) is 0 Å². The molecule has 1 aliphatic carbocycles. The molecule has 222 valence electrons. The molecule has 3 atom stereocenters. The van der Waals surface area contributed by atoms with Gasteiger partial charge in [-0.15, -0.1) is 0 Å². The maximum Gasteiger partial charge on any atom is 0.423 e. The number of rotatable bonds is 5. The van der Waals surface area contributed by atoms with E-state index in [-0.39, 0.29) is 49.4 Å². The summed E-state index contributed by atoms with van der Waals surface area (Å²) in [6.45, 7) is 1.42. The van der Waals surface area contributed by atoms with Crippen LogP contribution in [0.25, 0.3) is 0 Å². The Hall–Kier alpha value is -3.72. The van der Waals surface area contributed by atoms with Gasteiger partial charge in [-0.1, -0.05) is 0 Å². The van der Waals surface area contributed by atoms with Crippen LogP contribution in [0.3, 0.4) is 0 Å². The van der Waals surface area contributed by atoms with Crippen LogP contribution < -0.4 is 15.4 Å². The fraction of sp³-hybridized carbons (Fsp3) is 0.600. The van der Waals surface area contributed by atoms with Crippen molar-refractivity contribution in [2.24, 2.45) is 11.8 Å². The molecule has 2 aromatic rings. The summed E-state index contributed by atoms with van der Waals surface area (Å²) in [4.78, 5) is 50.7. The molecule has 2 saturated heterocycles. The van der Waals surface area contributed by atoms with Crippen LogP contribution in [-0.2, 0) is 21.9 Å². The first-order valence-electron chi connectivity index (χ1n) is 13.2. The highest BCUT2D eigenvalue weighted by atomic mass is 19.4. The maximum absolute atomic E-state index is 13.7. The SMILES string of the molecule is O=C1[C@H](CC(=O)N2CCN(c3ncc(C(F)(F)F)cn3)CC2)CC[C@H]1[C@@H]1CCCN1c1cn[nH]c(=O)c1C(F)(F)F. The molecule has 0 bridgehead atoms. The molecule has 41 heavy (non-hydrogen) atoms. The Morgan fingerprint density at radius 3 is 2.22 bits per heavy atom. The first-order valence-corrected chi connectivity index (χ1v) is 13.2. The second kappa shape index (κ2) is 10.9. The van der Waals surface area contributed by atoms with Crippen LogP contribution in [0.4, 0.5) is 38.0 Å². The number of nitrogens with one attached hydrogen (secondary N) is 1. The van der Waals surface area contributed by atoms with Crippen molar-refractivity contribution >= 4 is 23.3 Å². The lowest BCUT2D eigenvalue weighted by Crippen LogP contribution is -2.49. The van der Waals surface area contributed by atoms with E-state index in [1.165, 1.54) is 4.90 Å². The number of amides is 1. The Bertz CT molecular complexity index is 1340. The summed E-state index contributed by atoms with van der Waals surface area (Å²) in [6.07, 6.45) is -5.18. The number of Topliss-reactive ketones (excluding diaryl/α,β-unsaturated/α-hetero) is 1. The minimum atomic E-state index is -4.89. The van der Waals surface area contributed by atoms with Crippen molar-refractivity contribution in [3.8, 4) is 0 Å². The van der Waals surface area contributed by atoms with Crippen LogP contribution >= 0.6 is 0 Å². The summed E-state index contributed by atoms with van der Waals surface area (Å²) in [5, 5.41) is 5.39. The summed E-state index contributed by atoms with van der Waals surface area (Å²) in [7, 11) is 0. The van der Waals surface area contributed by atoms with Crippen molar-refractivity contribution in [3.63, 3.8) is 0 Å². The number of halogens is 6. The van der Waals surface area contributed by atoms with Gasteiger partial charge in [-0.3, -0.25) is 14.4 Å². The molecule has 2 aliphatic heterocycles. The number of aromatic amines is 1. The molecule has 1 amide bonds. The number of carbonyl (C=O) groups excluding carboxylic acids is 2. The van der Waals surface area contributed by atoms with Gasteiger partial charge in [0.1, 0.15) is 11.3 Å². The standard InChI is InChI=1S/C25H27F6N7O3/c26-24(27,28)15-11-32-23(33-12-15)37-8-6-36(7-9-37)19(39)10-14-3-4-16(21(14)40)17-2-1-5-38(17)18-13-34-35-22(41)20(18)25(29,30)31/h11-14,16-17H,1-10H2,(H,35,41)/t14-,16-,17-/m0/s1. The van der Waals surface area contributed by atoms with Gasteiger partial charge in [0.15, 0.2) is 0 Å². The second-order valence-electron chi connectivity index (χ2n) is 10.5. The van der Waals surface area contributed by atoms with Crippen LogP contribution in [-0.4, -0.2) is 75.5 Å². The number of hydrogen-bond acceptors (Lipinski definition) is 8. The fourth-order valence-electron chi connectivity index (χ4n) is 6.07. The Morgan fingerprint density at radius 2 is 1.59 bits per heavy atom. The zero-order chi connectivity index (χ0) is 29.5. The first kappa shape index (κ1) is 28.8. The fourth-order valence-corrected chi connectivity index (χ4v) is 6.07. The Kier molecular flexibility index (Phi) is 7.68. The largest absolute Gasteiger partial charge is 0.423 e. The number of hydrogen-bond donors (Lipinski definition) is 1. The first-order chi connectivity index (χ1) is 19.3. The zero-order valence-corrected chi connectivity index (χ0v) is 21.7. The molecular weight excluding hydrogens is 560 g/mol. The number of carbonyl (C=O) groups is 2. The van der Waals surface area contributed by atoms with Crippen molar-refractivity contribution in [2.45, 2.75) is 50.5 Å². The van der Waals surface area contributed by atoms with E-state index in [2.05, 4.69) is 15.1 Å². The smallest absolute Gasteiger partial charge is 0.366 e. The maximum atomic E-state index is 13.7. The van der Waals surface area contributed by atoms with Gasteiger partial charge < -0.3 is 14.7 Å². The number of alkyl halides is 6. The van der Waals surface area contributed by atoms with E-state index in [1.54, 1.807) is 9.80 Å². The molecule has 0 spiro atoms. The molecule has 1 saturated carbocycles. The molecule has 10 nitrogen and oxygen atoms in total. The third-order valence-electron chi connectivity index (χ3n) is 8.09. The van der Waals surface area contributed by atoms with Crippen LogP contribution in [0.15, 0.2) is 23.4 Å². The Balaban J connectivity index is 1.19. The topological polar surface area (TPSA) is 115 Å². The van der Waals surface area contributed by atoms with E-state index < -0.39 is 46.9 Å². The van der Waals surface area contributed by atoms with Gasteiger partial charge >= 0.3 is 12.4 Å². The van der Waals surface area contributed by atoms with Gasteiger partial charge in [0.2, 0.25) is 11.9 Å². The molecule has 16 heteroatoms. The highest BCUT2D eigenvalue weighted by Gasteiger charge is 2.46. The molecule has 1 N–H and O–H groups in total. The third kappa shape index (κ3) is 5.86.